The van der Waals surface area contributed by atoms with Gasteiger partial charge in [0.15, 0.2) is 0 Å². The highest BCUT2D eigenvalue weighted by Gasteiger charge is 2.23. The lowest BCUT2D eigenvalue weighted by Crippen LogP contribution is -2.27. The van der Waals surface area contributed by atoms with Crippen LogP contribution in [0.1, 0.15) is 53.3 Å². The van der Waals surface area contributed by atoms with E-state index in [2.05, 4.69) is 10.6 Å². The van der Waals surface area contributed by atoms with Gasteiger partial charge in [0.05, 0.1) is 6.10 Å². The molecule has 0 aliphatic heterocycles. The highest BCUT2D eigenvalue weighted by atomic mass is 16.3. The Hall–Kier alpha value is -1.88. The van der Waals surface area contributed by atoms with Gasteiger partial charge in [-0.3, -0.25) is 9.59 Å². The number of benzene rings is 1. The SMILES string of the molecule is CCC(O)CCNC(=O)c1ccc(C(=O)NC2CC2)cc1. The van der Waals surface area contributed by atoms with Crippen molar-refractivity contribution in [3.8, 4) is 0 Å². The van der Waals surface area contributed by atoms with Crippen LogP contribution < -0.4 is 10.6 Å². The van der Waals surface area contributed by atoms with Crippen LogP contribution in [0, 0.1) is 0 Å². The molecular weight excluding hydrogens is 268 g/mol. The fraction of sp³-hybridized carbons (Fsp3) is 0.500. The van der Waals surface area contributed by atoms with Crippen molar-refractivity contribution >= 4 is 11.8 Å². The van der Waals surface area contributed by atoms with Gasteiger partial charge in [-0.1, -0.05) is 6.92 Å². The van der Waals surface area contributed by atoms with E-state index in [0.29, 0.717) is 36.6 Å². The number of rotatable bonds is 7. The lowest BCUT2D eigenvalue weighted by Gasteiger charge is -2.09. The van der Waals surface area contributed by atoms with Crippen LogP contribution in [-0.2, 0) is 0 Å². The summed E-state index contributed by atoms with van der Waals surface area (Å²) in [6.07, 6.45) is 2.95. The van der Waals surface area contributed by atoms with E-state index in [-0.39, 0.29) is 17.9 Å². The molecule has 1 atom stereocenters. The molecule has 21 heavy (non-hydrogen) atoms. The van der Waals surface area contributed by atoms with Crippen LogP contribution in [0.3, 0.4) is 0 Å². The number of aliphatic hydroxyl groups is 1. The van der Waals surface area contributed by atoms with Crippen LogP contribution in [0.2, 0.25) is 0 Å². The van der Waals surface area contributed by atoms with E-state index in [9.17, 15) is 14.7 Å². The zero-order valence-electron chi connectivity index (χ0n) is 12.3. The first-order valence-electron chi connectivity index (χ1n) is 7.47. The predicted molar refractivity (Wildman–Crippen MR) is 80.2 cm³/mol. The maximum atomic E-state index is 11.9. The fourth-order valence-electron chi connectivity index (χ4n) is 1.93. The molecule has 3 N–H and O–H groups in total. The van der Waals surface area contributed by atoms with Crippen molar-refractivity contribution < 1.29 is 14.7 Å². The topological polar surface area (TPSA) is 78.4 Å². The summed E-state index contributed by atoms with van der Waals surface area (Å²) >= 11 is 0. The second-order valence-corrected chi connectivity index (χ2v) is 5.43. The Kier molecular flexibility index (Phi) is 5.33. The van der Waals surface area contributed by atoms with Crippen molar-refractivity contribution in [3.05, 3.63) is 35.4 Å². The molecule has 5 heteroatoms. The quantitative estimate of drug-likeness (QED) is 0.711. The third-order valence-corrected chi connectivity index (χ3v) is 3.56. The first-order valence-corrected chi connectivity index (χ1v) is 7.47. The number of amides is 2. The first kappa shape index (κ1) is 15.5. The lowest BCUT2D eigenvalue weighted by molar-refractivity contribution is 0.0933. The molecule has 1 aliphatic rings. The van der Waals surface area contributed by atoms with E-state index >= 15 is 0 Å². The molecule has 2 rings (SSSR count). The highest BCUT2D eigenvalue weighted by Crippen LogP contribution is 2.19. The molecule has 1 aliphatic carbocycles. The van der Waals surface area contributed by atoms with Gasteiger partial charge in [-0.25, -0.2) is 0 Å². The van der Waals surface area contributed by atoms with Gasteiger partial charge in [-0.05, 0) is 49.9 Å². The predicted octanol–water partition coefficient (Wildman–Crippen LogP) is 1.47. The van der Waals surface area contributed by atoms with Crippen LogP contribution in [0.25, 0.3) is 0 Å². The number of hydrogen-bond donors (Lipinski definition) is 3. The van der Waals surface area contributed by atoms with Gasteiger partial charge in [0.25, 0.3) is 11.8 Å². The second kappa shape index (κ2) is 7.22. The van der Waals surface area contributed by atoms with Gasteiger partial charge in [-0.2, -0.15) is 0 Å². The average molecular weight is 290 g/mol. The van der Waals surface area contributed by atoms with Crippen LogP contribution in [0.5, 0.6) is 0 Å². The standard InChI is InChI=1S/C16H22N2O3/c1-2-14(19)9-10-17-15(20)11-3-5-12(6-4-11)16(21)18-13-7-8-13/h3-6,13-14,19H,2,7-10H2,1H3,(H,17,20)(H,18,21). The van der Waals surface area contributed by atoms with E-state index in [4.69, 9.17) is 0 Å². The van der Waals surface area contributed by atoms with Crippen molar-refractivity contribution in [2.45, 2.75) is 44.8 Å². The second-order valence-electron chi connectivity index (χ2n) is 5.43. The van der Waals surface area contributed by atoms with Crippen molar-refractivity contribution in [2.24, 2.45) is 0 Å². The molecule has 1 aromatic carbocycles. The minimum Gasteiger partial charge on any atom is -0.393 e. The minimum absolute atomic E-state index is 0.0875. The molecule has 1 unspecified atom stereocenters. The highest BCUT2D eigenvalue weighted by molar-refractivity contribution is 5.97. The summed E-state index contributed by atoms with van der Waals surface area (Å²) in [5.41, 5.74) is 1.09. The van der Waals surface area contributed by atoms with E-state index in [0.717, 1.165) is 12.8 Å². The van der Waals surface area contributed by atoms with E-state index < -0.39 is 0 Å². The Morgan fingerprint density at radius 3 is 2.29 bits per heavy atom. The smallest absolute Gasteiger partial charge is 0.251 e. The summed E-state index contributed by atoms with van der Waals surface area (Å²) in [7, 11) is 0. The number of hydrogen-bond acceptors (Lipinski definition) is 3. The molecule has 114 valence electrons. The molecule has 0 saturated heterocycles. The summed E-state index contributed by atoms with van der Waals surface area (Å²) in [6, 6.07) is 6.94. The molecule has 1 saturated carbocycles. The Labute approximate surface area is 124 Å². The number of nitrogens with one attached hydrogen (secondary N) is 2. The van der Waals surface area contributed by atoms with E-state index in [1.54, 1.807) is 24.3 Å². The molecule has 0 radical (unpaired) electrons. The third-order valence-electron chi connectivity index (χ3n) is 3.56. The Morgan fingerprint density at radius 2 is 1.76 bits per heavy atom. The van der Waals surface area contributed by atoms with Gasteiger partial charge < -0.3 is 15.7 Å². The number of carbonyl (C=O) groups is 2. The zero-order valence-corrected chi connectivity index (χ0v) is 12.3. The van der Waals surface area contributed by atoms with Crippen molar-refractivity contribution in [1.29, 1.82) is 0 Å². The third kappa shape index (κ3) is 4.86. The summed E-state index contributed by atoms with van der Waals surface area (Å²) in [5.74, 6) is -0.275. The minimum atomic E-state index is -0.376. The van der Waals surface area contributed by atoms with Gasteiger partial charge in [0.2, 0.25) is 0 Å². The Bertz CT molecular complexity index is 495. The molecule has 0 spiro atoms. The van der Waals surface area contributed by atoms with E-state index in [1.165, 1.54) is 0 Å². The van der Waals surface area contributed by atoms with Crippen LogP contribution >= 0.6 is 0 Å². The molecule has 5 nitrogen and oxygen atoms in total. The van der Waals surface area contributed by atoms with Gasteiger partial charge in [0.1, 0.15) is 0 Å². The average Bonchev–Trinajstić information content (AvgIpc) is 3.31. The maximum Gasteiger partial charge on any atom is 0.251 e. The van der Waals surface area contributed by atoms with Gasteiger partial charge in [0, 0.05) is 23.7 Å². The van der Waals surface area contributed by atoms with Crippen molar-refractivity contribution in [2.75, 3.05) is 6.54 Å². The summed E-state index contributed by atoms with van der Waals surface area (Å²) in [4.78, 5) is 23.7. The van der Waals surface area contributed by atoms with Crippen molar-refractivity contribution in [1.82, 2.24) is 10.6 Å². The number of aliphatic hydroxyl groups excluding tert-OH is 1. The molecule has 0 aromatic heterocycles. The molecule has 1 fully saturated rings. The summed E-state index contributed by atoms with van der Waals surface area (Å²) in [6.45, 7) is 2.34. The monoisotopic (exact) mass is 290 g/mol. The summed E-state index contributed by atoms with van der Waals surface area (Å²) < 4.78 is 0. The van der Waals surface area contributed by atoms with E-state index in [1.807, 2.05) is 6.92 Å². The molecule has 0 heterocycles. The molecule has 0 bridgehead atoms. The molecule has 2 amide bonds. The van der Waals surface area contributed by atoms with Crippen LogP contribution in [-0.4, -0.2) is 35.6 Å². The fourth-order valence-corrected chi connectivity index (χ4v) is 1.93. The Morgan fingerprint density at radius 1 is 1.19 bits per heavy atom. The Balaban J connectivity index is 1.82. The summed E-state index contributed by atoms with van der Waals surface area (Å²) in [5, 5.41) is 15.1. The molecule has 1 aromatic rings. The largest absolute Gasteiger partial charge is 0.393 e. The normalized spacial score (nSPS) is 15.3. The van der Waals surface area contributed by atoms with Gasteiger partial charge >= 0.3 is 0 Å². The maximum absolute atomic E-state index is 11.9. The molecular formula is C16H22N2O3. The lowest BCUT2D eigenvalue weighted by atomic mass is 10.1. The van der Waals surface area contributed by atoms with Gasteiger partial charge in [-0.15, -0.1) is 0 Å². The first-order chi connectivity index (χ1) is 10.1. The van der Waals surface area contributed by atoms with Crippen LogP contribution in [0.4, 0.5) is 0 Å². The van der Waals surface area contributed by atoms with Crippen molar-refractivity contribution in [3.63, 3.8) is 0 Å². The zero-order chi connectivity index (χ0) is 15.2. The van der Waals surface area contributed by atoms with Crippen LogP contribution in [0.15, 0.2) is 24.3 Å². The number of carbonyl (C=O) groups excluding carboxylic acids is 2.